The summed E-state index contributed by atoms with van der Waals surface area (Å²) in [4.78, 5) is 31.0. The molecule has 5 rings (SSSR count). The van der Waals surface area contributed by atoms with Gasteiger partial charge in [-0.2, -0.15) is 5.10 Å². The molecule has 3 N–H and O–H groups in total. The normalized spacial score (nSPS) is 14.5. The average molecular weight is 417 g/mol. The van der Waals surface area contributed by atoms with E-state index in [4.69, 9.17) is 0 Å². The van der Waals surface area contributed by atoms with Crippen LogP contribution >= 0.6 is 0 Å². The highest BCUT2D eigenvalue weighted by molar-refractivity contribution is 6.02. The fourth-order valence-electron chi connectivity index (χ4n) is 3.86. The van der Waals surface area contributed by atoms with Gasteiger partial charge < -0.3 is 20.9 Å². The van der Waals surface area contributed by atoms with Crippen LogP contribution in [0.3, 0.4) is 0 Å². The molecule has 2 amide bonds. The van der Waals surface area contributed by atoms with Crippen molar-refractivity contribution in [2.45, 2.75) is 19.4 Å². The lowest BCUT2D eigenvalue weighted by Gasteiger charge is -2.30. The molecule has 0 unspecified atom stereocenters. The summed E-state index contributed by atoms with van der Waals surface area (Å²) in [6.45, 7) is 0.715. The zero-order valence-corrected chi connectivity index (χ0v) is 17.3. The number of nitrogens with one attached hydrogen (secondary N) is 3. The lowest BCUT2D eigenvalue weighted by Crippen LogP contribution is -2.26. The summed E-state index contributed by atoms with van der Waals surface area (Å²) in [5.74, 6) is 0.186. The van der Waals surface area contributed by atoms with E-state index < -0.39 is 0 Å². The van der Waals surface area contributed by atoms with Crippen LogP contribution in [0.2, 0.25) is 0 Å². The number of benzene rings is 1. The fourth-order valence-corrected chi connectivity index (χ4v) is 3.86. The molecule has 3 heterocycles. The van der Waals surface area contributed by atoms with Gasteiger partial charge in [0.05, 0.1) is 40.6 Å². The number of rotatable bonds is 5. The maximum atomic E-state index is 12.5. The molecule has 1 fully saturated rings. The molecule has 0 saturated heterocycles. The van der Waals surface area contributed by atoms with Crippen molar-refractivity contribution in [2.75, 3.05) is 29.6 Å². The van der Waals surface area contributed by atoms with E-state index in [2.05, 4.69) is 30.9 Å². The molecule has 3 aromatic rings. The quantitative estimate of drug-likeness (QED) is 0.590. The summed E-state index contributed by atoms with van der Waals surface area (Å²) in [7, 11) is 3.60. The van der Waals surface area contributed by atoms with Crippen molar-refractivity contribution in [1.29, 1.82) is 0 Å². The Balaban J connectivity index is 1.54. The molecule has 1 aliphatic heterocycles. The second-order valence-corrected chi connectivity index (χ2v) is 7.85. The molecular formula is C22H23N7O2. The zero-order chi connectivity index (χ0) is 21.5. The predicted octanol–water partition coefficient (Wildman–Crippen LogP) is 2.67. The molecule has 31 heavy (non-hydrogen) atoms. The SMILES string of the molecule is CNC(=O)c1cnc(NC(=O)C2CC2)cc1Nc1cccc2c1N(C)Cc1ccnn1-2. The Hall–Kier alpha value is -3.88. The van der Waals surface area contributed by atoms with Crippen LogP contribution in [-0.2, 0) is 11.3 Å². The monoisotopic (exact) mass is 417 g/mol. The first-order valence-corrected chi connectivity index (χ1v) is 10.2. The van der Waals surface area contributed by atoms with E-state index in [1.807, 2.05) is 36.0 Å². The third-order valence-corrected chi connectivity index (χ3v) is 5.59. The Morgan fingerprint density at radius 3 is 2.77 bits per heavy atom. The first kappa shape index (κ1) is 19.1. The Morgan fingerprint density at radius 1 is 1.16 bits per heavy atom. The van der Waals surface area contributed by atoms with Gasteiger partial charge in [-0.1, -0.05) is 6.07 Å². The number of fused-ring (bicyclic) bond motifs is 3. The number of hydrogen-bond acceptors (Lipinski definition) is 6. The van der Waals surface area contributed by atoms with E-state index >= 15 is 0 Å². The molecule has 158 valence electrons. The maximum Gasteiger partial charge on any atom is 0.254 e. The third-order valence-electron chi connectivity index (χ3n) is 5.59. The molecule has 9 nitrogen and oxygen atoms in total. The van der Waals surface area contributed by atoms with Gasteiger partial charge in [-0.05, 0) is 31.0 Å². The maximum absolute atomic E-state index is 12.5. The Morgan fingerprint density at radius 2 is 2.00 bits per heavy atom. The number of carbonyl (C=O) groups is 2. The molecular weight excluding hydrogens is 394 g/mol. The summed E-state index contributed by atoms with van der Waals surface area (Å²) in [6, 6.07) is 9.62. The van der Waals surface area contributed by atoms with Crippen molar-refractivity contribution in [3.8, 4) is 5.69 Å². The highest BCUT2D eigenvalue weighted by Crippen LogP contribution is 2.39. The first-order valence-electron chi connectivity index (χ1n) is 10.2. The largest absolute Gasteiger partial charge is 0.365 e. The summed E-state index contributed by atoms with van der Waals surface area (Å²) in [5, 5.41) is 13.3. The lowest BCUT2D eigenvalue weighted by molar-refractivity contribution is -0.117. The molecule has 9 heteroatoms. The van der Waals surface area contributed by atoms with Crippen LogP contribution in [0, 0.1) is 5.92 Å². The number of hydrogen-bond donors (Lipinski definition) is 3. The van der Waals surface area contributed by atoms with Gasteiger partial charge in [-0.15, -0.1) is 0 Å². The summed E-state index contributed by atoms with van der Waals surface area (Å²) >= 11 is 0. The standard InChI is InChI=1S/C22H23N7O2/c1-23-22(31)15-11-24-19(27-21(30)13-6-7-13)10-17(15)26-16-4-3-5-18-20(16)28(2)12-14-8-9-25-29(14)18/h3-5,8-11,13H,6-7,12H2,1-2H3,(H,23,31)(H2,24,26,27,30). The molecule has 0 spiro atoms. The zero-order valence-electron chi connectivity index (χ0n) is 17.3. The molecule has 0 atom stereocenters. The summed E-state index contributed by atoms with van der Waals surface area (Å²) in [6.07, 6.45) is 5.09. The fraction of sp³-hybridized carbons (Fsp3) is 0.273. The highest BCUT2D eigenvalue weighted by atomic mass is 16.2. The second kappa shape index (κ2) is 7.42. The van der Waals surface area contributed by atoms with Crippen LogP contribution in [-0.4, -0.2) is 40.7 Å². The lowest BCUT2D eigenvalue weighted by atomic mass is 10.1. The number of amides is 2. The van der Waals surface area contributed by atoms with Crippen LogP contribution in [0.25, 0.3) is 5.69 Å². The van der Waals surface area contributed by atoms with Crippen LogP contribution in [0.15, 0.2) is 42.7 Å². The van der Waals surface area contributed by atoms with Gasteiger partial charge >= 0.3 is 0 Å². The van der Waals surface area contributed by atoms with Gasteiger partial charge in [-0.3, -0.25) is 9.59 Å². The minimum Gasteiger partial charge on any atom is -0.365 e. The minimum absolute atomic E-state index is 0.0332. The number of carbonyl (C=O) groups excluding carboxylic acids is 2. The van der Waals surface area contributed by atoms with Crippen molar-refractivity contribution < 1.29 is 9.59 Å². The molecule has 1 saturated carbocycles. The van der Waals surface area contributed by atoms with Crippen LogP contribution in [0.5, 0.6) is 0 Å². The topological polar surface area (TPSA) is 104 Å². The first-order chi connectivity index (χ1) is 15.0. The molecule has 2 aliphatic rings. The van der Waals surface area contributed by atoms with E-state index in [0.717, 1.165) is 35.6 Å². The predicted molar refractivity (Wildman–Crippen MR) is 118 cm³/mol. The van der Waals surface area contributed by atoms with E-state index in [9.17, 15) is 9.59 Å². The number of aromatic nitrogens is 3. The van der Waals surface area contributed by atoms with E-state index in [1.54, 1.807) is 19.3 Å². The molecule has 0 bridgehead atoms. The second-order valence-electron chi connectivity index (χ2n) is 7.85. The van der Waals surface area contributed by atoms with Gasteiger partial charge in [0, 0.05) is 38.5 Å². The Bertz CT molecular complexity index is 1180. The smallest absolute Gasteiger partial charge is 0.254 e. The number of nitrogens with zero attached hydrogens (tertiary/aromatic N) is 4. The van der Waals surface area contributed by atoms with E-state index in [0.29, 0.717) is 23.6 Å². The van der Waals surface area contributed by atoms with E-state index in [1.165, 1.54) is 6.20 Å². The minimum atomic E-state index is -0.261. The average Bonchev–Trinajstić information content (AvgIpc) is 3.52. The van der Waals surface area contributed by atoms with Crippen molar-refractivity contribution in [3.05, 3.63) is 54.0 Å². The van der Waals surface area contributed by atoms with Crippen molar-refractivity contribution >= 4 is 34.7 Å². The van der Waals surface area contributed by atoms with Gasteiger partial charge in [0.2, 0.25) is 5.91 Å². The number of anilines is 4. The number of para-hydroxylation sites is 1. The molecule has 1 aliphatic carbocycles. The Kier molecular flexibility index (Phi) is 4.58. The summed E-state index contributed by atoms with van der Waals surface area (Å²) < 4.78 is 1.92. The van der Waals surface area contributed by atoms with Gasteiger partial charge in [0.1, 0.15) is 5.82 Å². The van der Waals surface area contributed by atoms with Crippen molar-refractivity contribution in [2.24, 2.45) is 5.92 Å². The van der Waals surface area contributed by atoms with Crippen LogP contribution < -0.4 is 20.9 Å². The highest BCUT2D eigenvalue weighted by Gasteiger charge is 2.30. The van der Waals surface area contributed by atoms with Crippen molar-refractivity contribution in [3.63, 3.8) is 0 Å². The third kappa shape index (κ3) is 3.48. The van der Waals surface area contributed by atoms with Crippen LogP contribution in [0.1, 0.15) is 28.9 Å². The molecule has 1 aromatic carbocycles. The van der Waals surface area contributed by atoms with Gasteiger partial charge in [-0.25, -0.2) is 9.67 Å². The molecule has 2 aromatic heterocycles. The summed E-state index contributed by atoms with van der Waals surface area (Å²) in [5.41, 5.74) is 4.82. The van der Waals surface area contributed by atoms with Crippen molar-refractivity contribution in [1.82, 2.24) is 20.1 Å². The van der Waals surface area contributed by atoms with Gasteiger partial charge in [0.25, 0.3) is 5.91 Å². The Labute approximate surface area is 179 Å². The number of pyridine rings is 1. The van der Waals surface area contributed by atoms with Crippen LogP contribution in [0.4, 0.5) is 22.9 Å². The van der Waals surface area contributed by atoms with Gasteiger partial charge in [0.15, 0.2) is 0 Å². The molecule has 0 radical (unpaired) electrons. The van der Waals surface area contributed by atoms with E-state index in [-0.39, 0.29) is 17.7 Å².